The number of piperidine rings is 1. The number of nitrogens with one attached hydrogen (secondary N) is 4. The van der Waals surface area contributed by atoms with Crippen LogP contribution in [0.25, 0.3) is 11.1 Å². The van der Waals surface area contributed by atoms with Gasteiger partial charge in [-0.05, 0) is 88.4 Å². The predicted molar refractivity (Wildman–Crippen MR) is 255 cm³/mol. The molecule has 2 aromatic carbocycles. The molecule has 2 aliphatic heterocycles. The molecule has 368 valence electrons. The van der Waals surface area contributed by atoms with Crippen LogP contribution in [-0.4, -0.2) is 135 Å². The number of hydrogen-bond acceptors (Lipinski definition) is 15. The maximum absolute atomic E-state index is 14.8. The van der Waals surface area contributed by atoms with E-state index in [0.29, 0.717) is 64.2 Å². The maximum atomic E-state index is 14.8. The van der Waals surface area contributed by atoms with Crippen molar-refractivity contribution in [2.75, 3.05) is 71.0 Å². The summed E-state index contributed by atoms with van der Waals surface area (Å²) in [6, 6.07) is 7.08. The number of nitrogens with zero attached hydrogens (tertiary/aromatic N) is 5. The van der Waals surface area contributed by atoms with E-state index in [0.717, 1.165) is 38.7 Å². The number of carbonyl (C=O) groups is 5. The number of fused-ring (bicyclic) bond motifs is 5. The van der Waals surface area contributed by atoms with Crippen molar-refractivity contribution < 1.29 is 38.2 Å². The highest BCUT2D eigenvalue weighted by Crippen LogP contribution is 2.40. The standard InChI is InChI=1S/C48H68N12O8/c1-6-7-8-23-66-34-14-21-60(22-15-34)48-55-29(2)41(30(3)56-48)45(63)57-37(13-16-49)47(65)59(5)42-33-10-12-40(68-25-19-52)36(28-33)35-26-32(9-11-39(35)67-24-18-51)27-38(44(62)53-20-17-50)58-43(61)31(4)54-46(42)64/h9-12,26,28,31,34,37-38,42H,6-8,13-16,18-25,27,49,51-52H2,1-5H3,(H,53,62)(H,54,64)(H,57,63)(H,58,61)/t31-,37-,38-,42-/m0/s1. The normalized spacial score (nSPS) is 18.0. The Morgan fingerprint density at radius 3 is 2.18 bits per heavy atom. The Kier molecular flexibility index (Phi) is 19.8. The number of benzene rings is 2. The van der Waals surface area contributed by atoms with Crippen molar-refractivity contribution in [2.24, 2.45) is 17.2 Å². The van der Waals surface area contributed by atoms with Gasteiger partial charge in [0.05, 0.1) is 29.1 Å². The van der Waals surface area contributed by atoms with Crippen molar-refractivity contribution in [3.8, 4) is 28.7 Å². The molecule has 1 saturated heterocycles. The molecular weight excluding hydrogens is 873 g/mol. The monoisotopic (exact) mass is 941 g/mol. The number of rotatable bonds is 20. The van der Waals surface area contributed by atoms with Gasteiger partial charge in [0.25, 0.3) is 5.91 Å². The van der Waals surface area contributed by atoms with Gasteiger partial charge in [0.15, 0.2) is 0 Å². The zero-order chi connectivity index (χ0) is 49.3. The summed E-state index contributed by atoms with van der Waals surface area (Å²) >= 11 is 0. The second-order valence-electron chi connectivity index (χ2n) is 17.0. The fourth-order valence-corrected chi connectivity index (χ4v) is 8.35. The van der Waals surface area contributed by atoms with Crippen molar-refractivity contribution in [3.63, 3.8) is 0 Å². The topological polar surface area (TPSA) is 295 Å². The van der Waals surface area contributed by atoms with Gasteiger partial charge < -0.3 is 62.5 Å². The zero-order valence-corrected chi connectivity index (χ0v) is 39.9. The first kappa shape index (κ1) is 52.6. The van der Waals surface area contributed by atoms with Crippen LogP contribution in [0, 0.1) is 25.2 Å². The van der Waals surface area contributed by atoms with Gasteiger partial charge in [-0.25, -0.2) is 9.97 Å². The largest absolute Gasteiger partial charge is 0.492 e. The molecule has 3 heterocycles. The molecule has 1 aromatic heterocycles. The molecule has 0 aliphatic carbocycles. The predicted octanol–water partition coefficient (Wildman–Crippen LogP) is 1.44. The van der Waals surface area contributed by atoms with E-state index in [1.165, 1.54) is 18.9 Å². The van der Waals surface area contributed by atoms with Crippen molar-refractivity contribution >= 4 is 35.5 Å². The SMILES string of the molecule is CCCCCOC1CCN(c2nc(C)c(C(=O)N[C@@H](CCN)C(=O)N(C)[C@@H]3C(=O)N[C@@H](C)C(=O)N[C@H](C(=O)NCC#N)Cc4ccc(OCCN)c(c4)-c4cc3ccc4OCCN)c(C)n2)CC1. The van der Waals surface area contributed by atoms with E-state index >= 15 is 0 Å². The van der Waals surface area contributed by atoms with Crippen LogP contribution in [0.5, 0.6) is 11.5 Å². The highest BCUT2D eigenvalue weighted by molar-refractivity contribution is 6.00. The Balaban J connectivity index is 1.50. The van der Waals surface area contributed by atoms with E-state index in [2.05, 4.69) is 33.1 Å². The van der Waals surface area contributed by atoms with Gasteiger partial charge in [-0.15, -0.1) is 0 Å². The number of ether oxygens (including phenoxy) is 3. The van der Waals surface area contributed by atoms with E-state index < -0.39 is 53.7 Å². The summed E-state index contributed by atoms with van der Waals surface area (Å²) in [6.45, 7) is 9.61. The summed E-state index contributed by atoms with van der Waals surface area (Å²) in [6.07, 6.45) is 5.20. The Hall–Kier alpha value is -6.40. The quantitative estimate of drug-likeness (QED) is 0.0623. The van der Waals surface area contributed by atoms with Crippen LogP contribution in [0.1, 0.15) is 91.3 Å². The number of hydrogen-bond donors (Lipinski definition) is 7. The first-order valence-electron chi connectivity index (χ1n) is 23.4. The minimum absolute atomic E-state index is 0.00389. The number of carbonyl (C=O) groups excluding carboxylic acids is 5. The lowest BCUT2D eigenvalue weighted by Crippen LogP contribution is -2.56. The number of nitriles is 1. The molecule has 0 spiro atoms. The fourth-order valence-electron chi connectivity index (χ4n) is 8.35. The summed E-state index contributed by atoms with van der Waals surface area (Å²) in [5.41, 5.74) is 20.7. The first-order chi connectivity index (χ1) is 32.7. The van der Waals surface area contributed by atoms with Gasteiger partial charge in [0.1, 0.15) is 55.4 Å². The van der Waals surface area contributed by atoms with Crippen LogP contribution in [-0.2, 0) is 30.3 Å². The summed E-state index contributed by atoms with van der Waals surface area (Å²) in [5.74, 6) is -2.01. The lowest BCUT2D eigenvalue weighted by Gasteiger charge is -2.33. The van der Waals surface area contributed by atoms with Crippen LogP contribution in [0.3, 0.4) is 0 Å². The van der Waals surface area contributed by atoms with Crippen LogP contribution >= 0.6 is 0 Å². The number of nitrogens with two attached hydrogens (primary N) is 3. The van der Waals surface area contributed by atoms with Gasteiger partial charge in [-0.1, -0.05) is 31.9 Å². The molecule has 1 fully saturated rings. The van der Waals surface area contributed by atoms with Gasteiger partial charge in [-0.2, -0.15) is 5.26 Å². The molecule has 0 unspecified atom stereocenters. The Bertz CT molecular complexity index is 2260. The van der Waals surface area contributed by atoms with Gasteiger partial charge >= 0.3 is 0 Å². The molecule has 20 heteroatoms. The molecule has 0 radical (unpaired) electrons. The van der Waals surface area contributed by atoms with Crippen LogP contribution in [0.2, 0.25) is 0 Å². The zero-order valence-electron chi connectivity index (χ0n) is 39.9. The highest BCUT2D eigenvalue weighted by Gasteiger charge is 2.37. The lowest BCUT2D eigenvalue weighted by atomic mass is 9.93. The average molecular weight is 941 g/mol. The molecule has 4 atom stereocenters. The van der Waals surface area contributed by atoms with Gasteiger partial charge in [0, 0.05) is 57.4 Å². The molecular formula is C48H68N12O8. The van der Waals surface area contributed by atoms with E-state index in [4.69, 9.17) is 41.4 Å². The van der Waals surface area contributed by atoms with Crippen molar-refractivity contribution in [2.45, 2.75) is 103 Å². The third kappa shape index (κ3) is 13.6. The Morgan fingerprint density at radius 2 is 1.56 bits per heavy atom. The second kappa shape index (κ2) is 25.7. The molecule has 5 rings (SSSR count). The molecule has 0 saturated carbocycles. The van der Waals surface area contributed by atoms with Gasteiger partial charge in [-0.3, -0.25) is 24.0 Å². The van der Waals surface area contributed by atoms with Crippen LogP contribution in [0.4, 0.5) is 5.95 Å². The smallest absolute Gasteiger partial charge is 0.255 e. The van der Waals surface area contributed by atoms with E-state index in [1.54, 1.807) is 50.2 Å². The third-order valence-electron chi connectivity index (χ3n) is 11.9. The summed E-state index contributed by atoms with van der Waals surface area (Å²) in [7, 11) is 1.43. The molecule has 20 nitrogen and oxygen atoms in total. The molecule has 2 aliphatic rings. The van der Waals surface area contributed by atoms with Crippen molar-refractivity contribution in [1.82, 2.24) is 36.1 Å². The average Bonchev–Trinajstić information content (AvgIpc) is 3.32. The number of aromatic nitrogens is 2. The van der Waals surface area contributed by atoms with E-state index in [9.17, 15) is 29.2 Å². The summed E-state index contributed by atoms with van der Waals surface area (Å²) < 4.78 is 18.3. The number of anilines is 1. The minimum atomic E-state index is -1.40. The number of aryl methyl sites for hydroxylation is 2. The number of unbranched alkanes of at least 4 members (excludes halogenated alkanes) is 2. The molecule has 4 bridgehead atoms. The van der Waals surface area contributed by atoms with Crippen LogP contribution in [0.15, 0.2) is 36.4 Å². The summed E-state index contributed by atoms with van der Waals surface area (Å²) in [4.78, 5) is 83.4. The third-order valence-corrected chi connectivity index (χ3v) is 11.9. The molecule has 3 aromatic rings. The van der Waals surface area contributed by atoms with E-state index in [1.807, 2.05) is 6.07 Å². The highest BCUT2D eigenvalue weighted by atomic mass is 16.5. The Morgan fingerprint density at radius 1 is 0.912 bits per heavy atom. The number of amides is 5. The van der Waals surface area contributed by atoms with Crippen molar-refractivity contribution in [1.29, 1.82) is 5.26 Å². The summed E-state index contributed by atoms with van der Waals surface area (Å²) in [5, 5.41) is 20.0. The second-order valence-corrected chi connectivity index (χ2v) is 17.0. The number of likely N-dealkylation sites (N-methyl/N-ethyl adjacent to an activating group) is 1. The minimum Gasteiger partial charge on any atom is -0.492 e. The van der Waals surface area contributed by atoms with Gasteiger partial charge in [0.2, 0.25) is 29.6 Å². The van der Waals surface area contributed by atoms with Crippen molar-refractivity contribution in [3.05, 3.63) is 64.5 Å². The molecule has 68 heavy (non-hydrogen) atoms. The molecule has 5 amide bonds. The van der Waals surface area contributed by atoms with Crippen LogP contribution < -0.4 is 52.8 Å². The first-order valence-corrected chi connectivity index (χ1v) is 23.4. The fraction of sp³-hybridized carbons (Fsp3) is 0.542. The Labute approximate surface area is 398 Å². The lowest BCUT2D eigenvalue weighted by molar-refractivity contribution is -0.141. The molecule has 10 N–H and O–H groups in total. The van der Waals surface area contributed by atoms with E-state index in [-0.39, 0.29) is 63.9 Å². The maximum Gasteiger partial charge on any atom is 0.255 e.